The van der Waals surface area contributed by atoms with Crippen LogP contribution in [0.1, 0.15) is 6.92 Å². The number of hydrogen-bond donors (Lipinski definition) is 2. The standard InChI is InChI=1S/C22H18N6O2S2/c1-12(32-22-25-19-18(27-28-22)14-8-3-5-9-15(14)23-19)20(29)26-21-24-16(11-31-21)13-7-4-6-10-17(13)30-2/h3-12H,1-2H3,(H,23,25,28)(H,24,26,29). The van der Waals surface area contributed by atoms with Gasteiger partial charge in [-0.05, 0) is 25.1 Å². The Bertz CT molecular complexity index is 1430. The number of aromatic amines is 1. The maximum absolute atomic E-state index is 12.7. The number of methoxy groups -OCH3 is 1. The second-order valence-corrected chi connectivity index (χ2v) is 9.12. The average molecular weight is 463 g/mol. The number of H-pyrrole nitrogens is 1. The molecule has 0 aliphatic heterocycles. The first kappa shape index (κ1) is 20.4. The zero-order valence-electron chi connectivity index (χ0n) is 17.2. The number of rotatable bonds is 6. The number of amides is 1. The van der Waals surface area contributed by atoms with E-state index in [9.17, 15) is 4.79 Å². The van der Waals surface area contributed by atoms with E-state index in [0.29, 0.717) is 21.5 Å². The van der Waals surface area contributed by atoms with E-state index in [1.54, 1.807) is 14.0 Å². The van der Waals surface area contributed by atoms with Gasteiger partial charge in [-0.15, -0.1) is 21.5 Å². The van der Waals surface area contributed by atoms with Crippen molar-refractivity contribution >= 4 is 56.2 Å². The van der Waals surface area contributed by atoms with E-state index in [1.165, 1.54) is 23.1 Å². The lowest BCUT2D eigenvalue weighted by Crippen LogP contribution is -2.22. The molecule has 0 aliphatic rings. The number of hydrogen-bond acceptors (Lipinski definition) is 8. The first-order valence-electron chi connectivity index (χ1n) is 9.80. The highest BCUT2D eigenvalue weighted by molar-refractivity contribution is 8.00. The van der Waals surface area contributed by atoms with Gasteiger partial charge in [0.25, 0.3) is 0 Å². The zero-order chi connectivity index (χ0) is 22.1. The maximum atomic E-state index is 12.7. The molecule has 32 heavy (non-hydrogen) atoms. The minimum absolute atomic E-state index is 0.184. The summed E-state index contributed by atoms with van der Waals surface area (Å²) in [6.07, 6.45) is 0. The van der Waals surface area contributed by atoms with E-state index in [2.05, 4.69) is 30.5 Å². The summed E-state index contributed by atoms with van der Waals surface area (Å²) in [6, 6.07) is 15.5. The van der Waals surface area contributed by atoms with Crippen molar-refractivity contribution in [3.05, 3.63) is 53.9 Å². The van der Waals surface area contributed by atoms with E-state index >= 15 is 0 Å². The fraction of sp³-hybridized carbons (Fsp3) is 0.136. The summed E-state index contributed by atoms with van der Waals surface area (Å²) in [4.78, 5) is 25.0. The summed E-state index contributed by atoms with van der Waals surface area (Å²) in [6.45, 7) is 1.80. The van der Waals surface area contributed by atoms with E-state index in [4.69, 9.17) is 4.74 Å². The van der Waals surface area contributed by atoms with Crippen LogP contribution in [0.2, 0.25) is 0 Å². The van der Waals surface area contributed by atoms with Gasteiger partial charge in [-0.2, -0.15) is 0 Å². The third-order valence-electron chi connectivity index (χ3n) is 4.87. The minimum Gasteiger partial charge on any atom is -0.496 e. The number of carbonyl (C=O) groups is 1. The van der Waals surface area contributed by atoms with Crippen LogP contribution < -0.4 is 10.1 Å². The topological polar surface area (TPSA) is 106 Å². The smallest absolute Gasteiger partial charge is 0.239 e. The molecule has 3 aromatic heterocycles. The van der Waals surface area contributed by atoms with Crippen molar-refractivity contribution < 1.29 is 9.53 Å². The Morgan fingerprint density at radius 2 is 1.94 bits per heavy atom. The van der Waals surface area contributed by atoms with E-state index in [1.807, 2.05) is 53.9 Å². The van der Waals surface area contributed by atoms with Crippen molar-refractivity contribution in [3.8, 4) is 17.0 Å². The van der Waals surface area contributed by atoms with E-state index in [-0.39, 0.29) is 5.91 Å². The Morgan fingerprint density at radius 1 is 1.12 bits per heavy atom. The van der Waals surface area contributed by atoms with Crippen LogP contribution in [-0.2, 0) is 4.79 Å². The number of para-hydroxylation sites is 2. The largest absolute Gasteiger partial charge is 0.496 e. The molecule has 1 unspecified atom stereocenters. The van der Waals surface area contributed by atoms with E-state index in [0.717, 1.165) is 27.9 Å². The molecule has 0 spiro atoms. The lowest BCUT2D eigenvalue weighted by Gasteiger charge is -2.09. The fourth-order valence-electron chi connectivity index (χ4n) is 3.29. The van der Waals surface area contributed by atoms with Gasteiger partial charge in [0, 0.05) is 21.8 Å². The van der Waals surface area contributed by atoms with Crippen LogP contribution in [0, 0.1) is 0 Å². The number of ether oxygens (including phenoxy) is 1. The molecule has 160 valence electrons. The molecule has 2 aromatic carbocycles. The number of thioether (sulfide) groups is 1. The van der Waals surface area contributed by atoms with Crippen LogP contribution in [0.25, 0.3) is 33.3 Å². The van der Waals surface area contributed by atoms with Crippen LogP contribution >= 0.6 is 23.1 Å². The molecule has 3 heterocycles. The number of nitrogens with one attached hydrogen (secondary N) is 2. The van der Waals surface area contributed by atoms with Crippen molar-refractivity contribution in [1.29, 1.82) is 0 Å². The van der Waals surface area contributed by atoms with Gasteiger partial charge in [0.2, 0.25) is 11.1 Å². The highest BCUT2D eigenvalue weighted by Gasteiger charge is 2.19. The second kappa shape index (κ2) is 8.56. The molecule has 1 atom stereocenters. The molecule has 0 aliphatic carbocycles. The number of thiazole rings is 1. The zero-order valence-corrected chi connectivity index (χ0v) is 18.8. The maximum Gasteiger partial charge on any atom is 0.239 e. The van der Waals surface area contributed by atoms with Gasteiger partial charge >= 0.3 is 0 Å². The number of anilines is 1. The Labute approximate surface area is 191 Å². The molecule has 0 bridgehead atoms. The Morgan fingerprint density at radius 3 is 2.81 bits per heavy atom. The molecule has 2 N–H and O–H groups in total. The molecule has 10 heteroatoms. The first-order chi connectivity index (χ1) is 15.6. The second-order valence-electron chi connectivity index (χ2n) is 6.95. The monoisotopic (exact) mass is 462 g/mol. The molecule has 8 nitrogen and oxygen atoms in total. The predicted molar refractivity (Wildman–Crippen MR) is 127 cm³/mol. The van der Waals surface area contributed by atoms with Crippen molar-refractivity contribution in [1.82, 2.24) is 25.1 Å². The number of nitrogens with zero attached hydrogens (tertiary/aromatic N) is 4. The van der Waals surface area contributed by atoms with Gasteiger partial charge in [0.15, 0.2) is 10.8 Å². The first-order valence-corrected chi connectivity index (χ1v) is 11.6. The van der Waals surface area contributed by atoms with E-state index < -0.39 is 5.25 Å². The molecule has 5 aromatic rings. The Balaban J connectivity index is 1.29. The van der Waals surface area contributed by atoms with Crippen LogP contribution in [-0.4, -0.2) is 43.4 Å². The molecule has 0 fully saturated rings. The molecular weight excluding hydrogens is 444 g/mol. The van der Waals surface area contributed by atoms with Crippen LogP contribution in [0.5, 0.6) is 5.75 Å². The molecule has 0 saturated heterocycles. The number of fused-ring (bicyclic) bond motifs is 3. The van der Waals surface area contributed by atoms with Gasteiger partial charge in [0.05, 0.1) is 18.1 Å². The third-order valence-corrected chi connectivity index (χ3v) is 6.58. The number of aromatic nitrogens is 5. The lowest BCUT2D eigenvalue weighted by molar-refractivity contribution is -0.115. The van der Waals surface area contributed by atoms with Gasteiger partial charge < -0.3 is 15.0 Å². The molecule has 5 rings (SSSR count). The normalized spacial score (nSPS) is 12.2. The van der Waals surface area contributed by atoms with Gasteiger partial charge in [-0.3, -0.25) is 4.79 Å². The summed E-state index contributed by atoms with van der Waals surface area (Å²) in [5, 5.41) is 14.8. The van der Waals surface area contributed by atoms with Gasteiger partial charge in [0.1, 0.15) is 11.3 Å². The van der Waals surface area contributed by atoms with Crippen molar-refractivity contribution in [2.75, 3.05) is 12.4 Å². The minimum atomic E-state index is -0.433. The van der Waals surface area contributed by atoms with Crippen LogP contribution in [0.4, 0.5) is 5.13 Å². The highest BCUT2D eigenvalue weighted by Crippen LogP contribution is 2.32. The summed E-state index contributed by atoms with van der Waals surface area (Å²) in [5.41, 5.74) is 3.94. The quantitative estimate of drug-likeness (QED) is 0.351. The van der Waals surface area contributed by atoms with Crippen LogP contribution in [0.15, 0.2) is 59.1 Å². The van der Waals surface area contributed by atoms with Crippen molar-refractivity contribution in [2.24, 2.45) is 0 Å². The van der Waals surface area contributed by atoms with Gasteiger partial charge in [-0.1, -0.05) is 42.1 Å². The summed E-state index contributed by atoms with van der Waals surface area (Å²) >= 11 is 2.61. The number of carbonyl (C=O) groups excluding carboxylic acids is 1. The Hall–Kier alpha value is -3.50. The van der Waals surface area contributed by atoms with Crippen LogP contribution in [0.3, 0.4) is 0 Å². The Kier molecular flexibility index (Phi) is 5.46. The predicted octanol–water partition coefficient (Wildman–Crippen LogP) is 4.76. The molecule has 0 radical (unpaired) electrons. The third kappa shape index (κ3) is 3.90. The summed E-state index contributed by atoms with van der Waals surface area (Å²) in [5.74, 6) is 0.549. The van der Waals surface area contributed by atoms with Crippen molar-refractivity contribution in [3.63, 3.8) is 0 Å². The average Bonchev–Trinajstić information content (AvgIpc) is 3.43. The highest BCUT2D eigenvalue weighted by atomic mass is 32.2. The summed E-state index contributed by atoms with van der Waals surface area (Å²) in [7, 11) is 1.62. The molecule has 0 saturated carbocycles. The summed E-state index contributed by atoms with van der Waals surface area (Å²) < 4.78 is 5.40. The molecular formula is C22H18N6O2S2. The molecule has 1 amide bonds. The fourth-order valence-corrected chi connectivity index (χ4v) is 4.71. The van der Waals surface area contributed by atoms with Crippen molar-refractivity contribution in [2.45, 2.75) is 17.3 Å². The lowest BCUT2D eigenvalue weighted by atomic mass is 10.1. The number of benzene rings is 2. The van der Waals surface area contributed by atoms with Gasteiger partial charge in [-0.25, -0.2) is 9.97 Å². The SMILES string of the molecule is COc1ccccc1-c1csc(NC(=O)C(C)Sc2nnc3c(n2)[nH]c2ccccc23)n1.